The summed E-state index contributed by atoms with van der Waals surface area (Å²) in [5.41, 5.74) is 0. The van der Waals surface area contributed by atoms with Gasteiger partial charge in [0.05, 0.1) is 20.0 Å². The minimum Gasteiger partial charge on any atom is -0.252 e. The van der Waals surface area contributed by atoms with Crippen LogP contribution >= 0.6 is 0 Å². The summed E-state index contributed by atoms with van der Waals surface area (Å²) in [7, 11) is 0.494. The van der Waals surface area contributed by atoms with Crippen molar-refractivity contribution in [2.75, 3.05) is 20.1 Å². The predicted octanol–water partition coefficient (Wildman–Crippen LogP) is 2.63. The number of alkyl halides is 7. The Balaban J connectivity index is 2.97. The molecule has 0 bridgehead atoms. The summed E-state index contributed by atoms with van der Waals surface area (Å²) in [6, 6.07) is -4.66. The molecule has 0 N–H and O–H groups in total. The molecule has 0 radical (unpaired) electrons. The van der Waals surface area contributed by atoms with Gasteiger partial charge in [-0.2, -0.15) is 22.0 Å². The van der Waals surface area contributed by atoms with Gasteiger partial charge in [-0.05, 0) is 0 Å². The lowest BCUT2D eigenvalue weighted by Crippen LogP contribution is -2.61. The number of nitrogens with zero attached hydrogens (tertiary/aromatic N) is 1. The molecule has 1 rings (SSSR count). The second kappa shape index (κ2) is 2.99. The van der Waals surface area contributed by atoms with Crippen LogP contribution < -0.4 is 0 Å². The lowest BCUT2D eigenvalue weighted by atomic mass is 10.3. The normalized spacial score (nSPS) is 34.4. The zero-order valence-electron chi connectivity index (χ0n) is 7.71. The summed E-state index contributed by atoms with van der Waals surface area (Å²) in [4.78, 5) is 0. The van der Waals surface area contributed by atoms with Crippen LogP contribution in [0.15, 0.2) is 0 Å². The van der Waals surface area contributed by atoms with Crippen molar-refractivity contribution in [2.45, 2.75) is 24.6 Å². The lowest BCUT2D eigenvalue weighted by molar-refractivity contribution is -0.993. The molecule has 0 spiro atoms. The van der Waals surface area contributed by atoms with Gasteiger partial charge in [-0.15, -0.1) is 8.78 Å². The Hall–Kier alpha value is -0.530. The van der Waals surface area contributed by atoms with Gasteiger partial charge < -0.3 is 0 Å². The van der Waals surface area contributed by atoms with Crippen molar-refractivity contribution in [2.24, 2.45) is 0 Å². The first kappa shape index (κ1) is 12.5. The van der Waals surface area contributed by atoms with Crippen molar-refractivity contribution in [3.05, 3.63) is 0 Å². The minimum atomic E-state index is -4.89. The first-order valence-electron chi connectivity index (χ1n) is 4.08. The summed E-state index contributed by atoms with van der Waals surface area (Å²) in [5.74, 6) is -4.37. The Bertz CT molecular complexity index is 259. The smallest absolute Gasteiger partial charge is 0.252 e. The number of halogens is 7. The maximum atomic E-state index is 13.0. The van der Waals surface area contributed by atoms with E-state index >= 15 is 0 Å². The monoisotopic (exact) mass is 240 g/mol. The zero-order chi connectivity index (χ0) is 12.1. The lowest BCUT2D eigenvalue weighted by Gasteiger charge is -2.35. The second-order valence-electron chi connectivity index (χ2n) is 3.89. The molecule has 90 valence electrons. The number of quaternary nitrogens is 1. The number of likely N-dealkylation sites (tertiary alicyclic amines) is 1. The Labute approximate surface area is 81.1 Å². The van der Waals surface area contributed by atoms with Crippen molar-refractivity contribution in [1.29, 1.82) is 0 Å². The van der Waals surface area contributed by atoms with Gasteiger partial charge in [-0.3, -0.25) is 4.48 Å². The van der Waals surface area contributed by atoms with Gasteiger partial charge in [0, 0.05) is 0 Å². The van der Waals surface area contributed by atoms with Gasteiger partial charge in [-0.1, -0.05) is 0 Å². The maximum absolute atomic E-state index is 13.0. The van der Waals surface area contributed by atoms with Crippen LogP contribution in [0.2, 0.25) is 0 Å². The quantitative estimate of drug-likeness (QED) is 0.375. The molecule has 8 heteroatoms. The van der Waals surface area contributed by atoms with Crippen LogP contribution in [0.1, 0.15) is 6.42 Å². The molecule has 1 unspecified atom stereocenters. The molecule has 0 aromatic carbocycles. The van der Waals surface area contributed by atoms with E-state index in [2.05, 4.69) is 0 Å². The van der Waals surface area contributed by atoms with Gasteiger partial charge in [0.2, 0.25) is 0 Å². The molecule has 1 fully saturated rings. The minimum absolute atomic E-state index is 0.494. The van der Waals surface area contributed by atoms with Crippen LogP contribution in [0.3, 0.4) is 0 Å². The van der Waals surface area contributed by atoms with E-state index in [1.54, 1.807) is 0 Å². The van der Waals surface area contributed by atoms with Gasteiger partial charge in [0.15, 0.2) is 6.54 Å². The first-order valence-corrected chi connectivity index (χ1v) is 4.08. The molecular formula is C7H9F7N+. The van der Waals surface area contributed by atoms with Crippen LogP contribution in [0, 0.1) is 0 Å². The standard InChI is InChI=1S/C7H9F7N/c1-15(4-6(10,11)12)3-2-5(8,9)7(15,13)14/h2-4H2,1H3/q+1. The van der Waals surface area contributed by atoms with Crippen molar-refractivity contribution in [1.82, 2.24) is 0 Å². The summed E-state index contributed by atoms with van der Waals surface area (Å²) < 4.78 is 85.2. The molecule has 0 amide bonds. The number of hydrogen-bond acceptors (Lipinski definition) is 0. The SMILES string of the molecule is C[N+]1(CC(F)(F)F)CCC(F)(F)C1(F)F. The molecule has 1 nitrogen and oxygen atoms in total. The van der Waals surface area contributed by atoms with Crippen LogP contribution in [0.5, 0.6) is 0 Å². The molecule has 1 aliphatic rings. The second-order valence-corrected chi connectivity index (χ2v) is 3.89. The molecule has 1 atom stereocenters. The fraction of sp³-hybridized carbons (Fsp3) is 1.00. The molecule has 0 aromatic rings. The predicted molar refractivity (Wildman–Crippen MR) is 36.5 cm³/mol. The molecule has 0 saturated carbocycles. The maximum Gasteiger partial charge on any atom is 0.455 e. The number of hydrogen-bond donors (Lipinski definition) is 0. The van der Waals surface area contributed by atoms with E-state index in [9.17, 15) is 30.7 Å². The number of rotatable bonds is 1. The first-order chi connectivity index (χ1) is 6.41. The Morgan fingerprint density at radius 2 is 1.60 bits per heavy atom. The van der Waals surface area contributed by atoms with E-state index in [0.29, 0.717) is 7.05 Å². The largest absolute Gasteiger partial charge is 0.455 e. The summed E-state index contributed by atoms with van der Waals surface area (Å²) in [6.07, 6.45) is -6.12. The van der Waals surface area contributed by atoms with E-state index in [1.165, 1.54) is 0 Å². The highest BCUT2D eigenvalue weighted by Gasteiger charge is 2.75. The third kappa shape index (κ3) is 1.91. The van der Waals surface area contributed by atoms with Gasteiger partial charge >= 0.3 is 18.1 Å². The van der Waals surface area contributed by atoms with E-state index < -0.39 is 42.1 Å². The summed E-state index contributed by atoms with van der Waals surface area (Å²) in [5, 5.41) is 0. The highest BCUT2D eigenvalue weighted by molar-refractivity contribution is 4.84. The molecule has 0 aromatic heterocycles. The fourth-order valence-electron chi connectivity index (χ4n) is 1.65. The van der Waals surface area contributed by atoms with Crippen molar-refractivity contribution in [3.8, 4) is 0 Å². The molecule has 1 saturated heterocycles. The van der Waals surface area contributed by atoms with Crippen LogP contribution in [-0.4, -0.2) is 42.8 Å². The third-order valence-corrected chi connectivity index (χ3v) is 2.57. The van der Waals surface area contributed by atoms with E-state index in [4.69, 9.17) is 0 Å². The topological polar surface area (TPSA) is 0 Å². The van der Waals surface area contributed by atoms with Gasteiger partial charge in [0.1, 0.15) is 0 Å². The Kier molecular flexibility index (Phi) is 2.50. The summed E-state index contributed by atoms with van der Waals surface area (Å²) >= 11 is 0. The molecule has 15 heavy (non-hydrogen) atoms. The van der Waals surface area contributed by atoms with Crippen LogP contribution in [-0.2, 0) is 0 Å². The van der Waals surface area contributed by atoms with Gasteiger partial charge in [-0.25, -0.2) is 0 Å². The highest BCUT2D eigenvalue weighted by Crippen LogP contribution is 2.50. The van der Waals surface area contributed by atoms with Crippen LogP contribution in [0.25, 0.3) is 0 Å². The van der Waals surface area contributed by atoms with Crippen molar-refractivity contribution < 1.29 is 35.2 Å². The highest BCUT2D eigenvalue weighted by atomic mass is 19.4. The fourth-order valence-corrected chi connectivity index (χ4v) is 1.65. The Morgan fingerprint density at radius 3 is 1.87 bits per heavy atom. The molecule has 1 heterocycles. The molecular weight excluding hydrogens is 231 g/mol. The van der Waals surface area contributed by atoms with Crippen LogP contribution in [0.4, 0.5) is 30.7 Å². The van der Waals surface area contributed by atoms with Gasteiger partial charge in [0.25, 0.3) is 0 Å². The Morgan fingerprint density at radius 1 is 1.13 bits per heavy atom. The van der Waals surface area contributed by atoms with E-state index in [-0.39, 0.29) is 0 Å². The third-order valence-electron chi connectivity index (χ3n) is 2.57. The molecule has 1 aliphatic heterocycles. The van der Waals surface area contributed by atoms with Crippen molar-refractivity contribution in [3.63, 3.8) is 0 Å². The zero-order valence-corrected chi connectivity index (χ0v) is 7.71. The average Bonchev–Trinajstić information content (AvgIpc) is 2.09. The summed E-state index contributed by atoms with van der Waals surface area (Å²) in [6.45, 7) is -2.84. The van der Waals surface area contributed by atoms with E-state index in [1.807, 2.05) is 0 Å². The average molecular weight is 240 g/mol. The molecule has 0 aliphatic carbocycles. The van der Waals surface area contributed by atoms with E-state index in [0.717, 1.165) is 0 Å². The van der Waals surface area contributed by atoms with Crippen molar-refractivity contribution >= 4 is 0 Å².